The third kappa shape index (κ3) is 4.89. The summed E-state index contributed by atoms with van der Waals surface area (Å²) >= 11 is 1.39. The molecule has 1 aliphatic heterocycles. The Morgan fingerprint density at radius 1 is 0.966 bits per heavy atom. The highest BCUT2D eigenvalue weighted by Gasteiger charge is 2.33. The minimum Gasteiger partial charge on any atom is -0.282 e. The number of carbonyl (C=O) groups excluding carboxylic acids is 1. The molecule has 0 saturated carbocycles. The fourth-order valence-electron chi connectivity index (χ4n) is 2.84. The van der Waals surface area contributed by atoms with Crippen LogP contribution in [-0.4, -0.2) is 21.0 Å². The molecule has 0 bridgehead atoms. The molecule has 0 atom stereocenters. The van der Waals surface area contributed by atoms with Gasteiger partial charge in [-0.2, -0.15) is 0 Å². The molecule has 1 saturated heterocycles. The minimum atomic E-state index is -0.0498. The lowest BCUT2D eigenvalue weighted by Gasteiger charge is -2.15. The summed E-state index contributed by atoms with van der Waals surface area (Å²) < 4.78 is 0. The van der Waals surface area contributed by atoms with Crippen LogP contribution in [0.1, 0.15) is 11.1 Å². The molecular weight excluding hydrogens is 378 g/mol. The average Bonchev–Trinajstić information content (AvgIpc) is 3.05. The number of hydrogen-bond donors (Lipinski definition) is 0. The highest BCUT2D eigenvalue weighted by atomic mass is 32.2. The number of thioether (sulfide) groups is 1. The summed E-state index contributed by atoms with van der Waals surface area (Å²) in [5.41, 5.74) is 2.87. The molecule has 0 unspecified atom stereocenters. The Kier molecular flexibility index (Phi) is 5.98. The number of rotatable bonds is 5. The Morgan fingerprint density at radius 3 is 2.45 bits per heavy atom. The van der Waals surface area contributed by atoms with E-state index in [0.29, 0.717) is 16.6 Å². The van der Waals surface area contributed by atoms with Gasteiger partial charge in [-0.05, 0) is 47.2 Å². The van der Waals surface area contributed by atoms with Crippen molar-refractivity contribution in [2.24, 2.45) is 4.99 Å². The predicted octanol–water partition coefficient (Wildman–Crippen LogP) is 5.44. The van der Waals surface area contributed by atoms with Gasteiger partial charge in [0, 0.05) is 12.4 Å². The smallest absolute Gasteiger partial charge is 0.267 e. The molecule has 4 nitrogen and oxygen atoms in total. The van der Waals surface area contributed by atoms with Crippen LogP contribution < -0.4 is 0 Å². The summed E-state index contributed by atoms with van der Waals surface area (Å²) in [6.45, 7) is 0.436. The molecule has 142 valence electrons. The average molecular weight is 398 g/mol. The van der Waals surface area contributed by atoms with Crippen molar-refractivity contribution >= 4 is 34.6 Å². The third-order valence-corrected chi connectivity index (χ3v) is 5.29. The van der Waals surface area contributed by atoms with Gasteiger partial charge >= 0.3 is 0 Å². The van der Waals surface area contributed by atoms with Crippen molar-refractivity contribution in [2.45, 2.75) is 6.54 Å². The molecule has 5 heteroatoms. The molecule has 1 aromatic heterocycles. The van der Waals surface area contributed by atoms with Crippen LogP contribution in [-0.2, 0) is 11.3 Å². The maximum atomic E-state index is 13.1. The van der Waals surface area contributed by atoms with E-state index in [-0.39, 0.29) is 5.91 Å². The number of carbonyl (C=O) groups is 1. The zero-order valence-corrected chi connectivity index (χ0v) is 16.5. The number of aliphatic imine (C=N–C) groups is 1. The molecule has 0 radical (unpaired) electrons. The Balaban J connectivity index is 1.61. The summed E-state index contributed by atoms with van der Waals surface area (Å²) in [6, 6.07) is 23.5. The van der Waals surface area contributed by atoms with Crippen molar-refractivity contribution in [2.75, 3.05) is 0 Å². The molecule has 1 aliphatic rings. The van der Waals surface area contributed by atoms with Crippen LogP contribution in [0.25, 0.3) is 6.08 Å². The lowest BCUT2D eigenvalue weighted by Crippen LogP contribution is -2.28. The van der Waals surface area contributed by atoms with Crippen LogP contribution >= 0.6 is 11.8 Å². The number of amides is 1. The number of hydrogen-bond acceptors (Lipinski definition) is 4. The first-order chi connectivity index (χ1) is 14.3. The molecule has 0 spiro atoms. The van der Waals surface area contributed by atoms with Crippen LogP contribution in [0, 0.1) is 0 Å². The molecule has 2 heterocycles. The summed E-state index contributed by atoms with van der Waals surface area (Å²) in [5, 5.41) is 0.671. The van der Waals surface area contributed by atoms with Gasteiger partial charge in [-0.1, -0.05) is 66.7 Å². The molecule has 1 fully saturated rings. The van der Waals surface area contributed by atoms with Gasteiger partial charge in [0.15, 0.2) is 5.17 Å². The predicted molar refractivity (Wildman–Crippen MR) is 119 cm³/mol. The van der Waals surface area contributed by atoms with Crippen LogP contribution in [0.5, 0.6) is 0 Å². The Labute approximate surface area is 174 Å². The van der Waals surface area contributed by atoms with Crippen LogP contribution in [0.15, 0.2) is 107 Å². The standard InChI is InChI=1S/C24H19N3OS/c28-23-22(15-7-11-19-9-3-1-4-10-19)29-24(26-21-13-5-2-6-14-21)27(23)18-20-12-8-16-25-17-20/h1-17H,18H2/b11-7+,22-15+,26-24?. The van der Waals surface area contributed by atoms with E-state index in [2.05, 4.69) is 4.98 Å². The number of nitrogens with zero attached hydrogens (tertiary/aromatic N) is 3. The van der Waals surface area contributed by atoms with Gasteiger partial charge in [0.05, 0.1) is 17.1 Å². The highest BCUT2D eigenvalue weighted by molar-refractivity contribution is 8.18. The zero-order valence-electron chi connectivity index (χ0n) is 15.7. The Hall–Kier alpha value is -3.44. The largest absolute Gasteiger partial charge is 0.282 e. The van der Waals surface area contributed by atoms with Crippen molar-refractivity contribution in [3.63, 3.8) is 0 Å². The second-order valence-electron chi connectivity index (χ2n) is 6.39. The SMILES string of the molecule is O=C1/C(=C\C=C\c2ccccc2)SC(=Nc2ccccc2)N1Cc1cccnc1. The van der Waals surface area contributed by atoms with Gasteiger partial charge in [0.25, 0.3) is 5.91 Å². The van der Waals surface area contributed by atoms with Gasteiger partial charge in [0.2, 0.25) is 0 Å². The molecular formula is C24H19N3OS. The normalized spacial score (nSPS) is 17.0. The van der Waals surface area contributed by atoms with Crippen LogP contribution in [0.2, 0.25) is 0 Å². The number of allylic oxidation sites excluding steroid dienone is 2. The highest BCUT2D eigenvalue weighted by Crippen LogP contribution is 2.33. The molecule has 0 N–H and O–H groups in total. The topological polar surface area (TPSA) is 45.6 Å². The first kappa shape index (κ1) is 18.9. The van der Waals surface area contributed by atoms with Gasteiger partial charge in [-0.25, -0.2) is 4.99 Å². The van der Waals surface area contributed by atoms with E-state index in [0.717, 1.165) is 16.8 Å². The van der Waals surface area contributed by atoms with E-state index in [9.17, 15) is 4.79 Å². The number of para-hydroxylation sites is 1. The molecule has 2 aromatic carbocycles. The summed E-state index contributed by atoms with van der Waals surface area (Å²) in [4.78, 5) is 24.3. The van der Waals surface area contributed by atoms with Crippen molar-refractivity contribution in [1.82, 2.24) is 9.88 Å². The van der Waals surface area contributed by atoms with E-state index in [4.69, 9.17) is 4.99 Å². The lowest BCUT2D eigenvalue weighted by molar-refractivity contribution is -0.122. The van der Waals surface area contributed by atoms with E-state index in [1.54, 1.807) is 17.3 Å². The van der Waals surface area contributed by atoms with Gasteiger partial charge < -0.3 is 0 Å². The van der Waals surface area contributed by atoms with E-state index in [1.807, 2.05) is 91.0 Å². The van der Waals surface area contributed by atoms with E-state index >= 15 is 0 Å². The second kappa shape index (κ2) is 9.17. The van der Waals surface area contributed by atoms with Crippen LogP contribution in [0.4, 0.5) is 5.69 Å². The number of amidine groups is 1. The number of pyridine rings is 1. The van der Waals surface area contributed by atoms with Gasteiger partial charge in [-0.3, -0.25) is 14.7 Å². The van der Waals surface area contributed by atoms with Crippen molar-refractivity contribution in [3.05, 3.63) is 113 Å². The summed E-state index contributed by atoms with van der Waals surface area (Å²) in [7, 11) is 0. The quantitative estimate of drug-likeness (QED) is 0.539. The number of benzene rings is 2. The maximum absolute atomic E-state index is 13.1. The first-order valence-electron chi connectivity index (χ1n) is 9.25. The minimum absolute atomic E-state index is 0.0498. The third-order valence-electron chi connectivity index (χ3n) is 4.27. The zero-order chi connectivity index (χ0) is 19.9. The molecule has 4 rings (SSSR count). The molecule has 1 amide bonds. The molecule has 0 aliphatic carbocycles. The summed E-state index contributed by atoms with van der Waals surface area (Å²) in [6.07, 6.45) is 9.24. The van der Waals surface area contributed by atoms with Gasteiger partial charge in [-0.15, -0.1) is 0 Å². The van der Waals surface area contributed by atoms with Crippen molar-refractivity contribution < 1.29 is 4.79 Å². The lowest BCUT2D eigenvalue weighted by atomic mass is 10.2. The fourth-order valence-corrected chi connectivity index (χ4v) is 3.79. The van der Waals surface area contributed by atoms with Crippen LogP contribution in [0.3, 0.4) is 0 Å². The monoisotopic (exact) mass is 397 g/mol. The number of aromatic nitrogens is 1. The fraction of sp³-hybridized carbons (Fsp3) is 0.0417. The van der Waals surface area contributed by atoms with E-state index < -0.39 is 0 Å². The Bertz CT molecular complexity index is 1060. The Morgan fingerprint density at radius 2 is 1.72 bits per heavy atom. The van der Waals surface area contributed by atoms with Crippen molar-refractivity contribution in [1.29, 1.82) is 0 Å². The summed E-state index contributed by atoms with van der Waals surface area (Å²) in [5.74, 6) is -0.0498. The maximum Gasteiger partial charge on any atom is 0.267 e. The molecule has 3 aromatic rings. The second-order valence-corrected chi connectivity index (χ2v) is 7.39. The van der Waals surface area contributed by atoms with Crippen molar-refractivity contribution in [3.8, 4) is 0 Å². The van der Waals surface area contributed by atoms with Gasteiger partial charge in [0.1, 0.15) is 0 Å². The molecule has 29 heavy (non-hydrogen) atoms. The van der Waals surface area contributed by atoms with E-state index in [1.165, 1.54) is 11.8 Å². The first-order valence-corrected chi connectivity index (χ1v) is 10.1.